The second-order valence-electron chi connectivity index (χ2n) is 22.1. The normalized spacial score (nSPS) is 12.4. The lowest BCUT2D eigenvalue weighted by Crippen LogP contribution is -2.30. The van der Waals surface area contributed by atoms with E-state index in [2.05, 4.69) is 34.6 Å². The molecular formula is C62H120O6. The van der Waals surface area contributed by atoms with Crippen LogP contribution in [-0.4, -0.2) is 37.2 Å². The molecule has 0 saturated carbocycles. The predicted octanol–water partition coefficient (Wildman–Crippen LogP) is 20.4. The molecule has 6 nitrogen and oxygen atoms in total. The Balaban J connectivity index is 4.21. The van der Waals surface area contributed by atoms with Gasteiger partial charge in [0, 0.05) is 19.3 Å². The molecule has 0 aromatic carbocycles. The highest BCUT2D eigenvalue weighted by Gasteiger charge is 2.19. The van der Waals surface area contributed by atoms with E-state index in [0.717, 1.165) is 69.6 Å². The Morgan fingerprint density at radius 1 is 0.309 bits per heavy atom. The fourth-order valence-corrected chi connectivity index (χ4v) is 9.55. The third-order valence-electron chi connectivity index (χ3n) is 14.6. The van der Waals surface area contributed by atoms with E-state index in [0.29, 0.717) is 19.3 Å². The molecular weight excluding hydrogens is 841 g/mol. The zero-order valence-corrected chi connectivity index (χ0v) is 46.7. The number of carbonyl (C=O) groups excluding carboxylic acids is 3. The van der Waals surface area contributed by atoms with Crippen LogP contribution in [0.2, 0.25) is 0 Å². The van der Waals surface area contributed by atoms with Gasteiger partial charge in [-0.2, -0.15) is 0 Å². The van der Waals surface area contributed by atoms with Crippen molar-refractivity contribution in [1.29, 1.82) is 0 Å². The Morgan fingerprint density at radius 3 is 0.838 bits per heavy atom. The van der Waals surface area contributed by atoms with Crippen molar-refractivity contribution >= 4 is 17.9 Å². The first kappa shape index (κ1) is 66.4. The maximum Gasteiger partial charge on any atom is 0.306 e. The minimum Gasteiger partial charge on any atom is -0.462 e. The summed E-state index contributed by atoms with van der Waals surface area (Å²) in [5, 5.41) is 0. The van der Waals surface area contributed by atoms with Gasteiger partial charge in [0.05, 0.1) is 0 Å². The zero-order valence-electron chi connectivity index (χ0n) is 46.7. The van der Waals surface area contributed by atoms with Crippen LogP contribution in [0.3, 0.4) is 0 Å². The van der Waals surface area contributed by atoms with Crippen molar-refractivity contribution in [3.05, 3.63) is 0 Å². The van der Waals surface area contributed by atoms with Gasteiger partial charge in [0.15, 0.2) is 6.10 Å². The zero-order chi connectivity index (χ0) is 49.6. The minimum atomic E-state index is -0.763. The van der Waals surface area contributed by atoms with E-state index in [1.807, 2.05) is 0 Å². The summed E-state index contributed by atoms with van der Waals surface area (Å²) in [5.74, 6) is 0.868. The molecule has 404 valence electrons. The lowest BCUT2D eigenvalue weighted by atomic mass is 9.99. The number of ether oxygens (including phenoxy) is 3. The van der Waals surface area contributed by atoms with E-state index < -0.39 is 6.10 Å². The smallest absolute Gasteiger partial charge is 0.306 e. The maximum atomic E-state index is 12.9. The molecule has 0 aliphatic heterocycles. The Bertz CT molecular complexity index is 1040. The molecule has 0 aliphatic rings. The van der Waals surface area contributed by atoms with Crippen molar-refractivity contribution in [1.82, 2.24) is 0 Å². The van der Waals surface area contributed by atoms with Gasteiger partial charge < -0.3 is 14.2 Å². The van der Waals surface area contributed by atoms with Crippen LogP contribution in [0.1, 0.15) is 349 Å². The van der Waals surface area contributed by atoms with Crippen LogP contribution in [0.15, 0.2) is 0 Å². The van der Waals surface area contributed by atoms with Crippen LogP contribution in [0.4, 0.5) is 0 Å². The van der Waals surface area contributed by atoms with Crippen molar-refractivity contribution in [3.8, 4) is 0 Å². The first-order valence-corrected chi connectivity index (χ1v) is 30.8. The molecule has 0 N–H and O–H groups in total. The van der Waals surface area contributed by atoms with E-state index in [4.69, 9.17) is 14.2 Å². The van der Waals surface area contributed by atoms with Gasteiger partial charge in [0.2, 0.25) is 0 Å². The molecule has 0 fully saturated rings. The van der Waals surface area contributed by atoms with Crippen LogP contribution in [0.25, 0.3) is 0 Å². The Labute approximate surface area is 425 Å². The second kappa shape index (κ2) is 54.7. The first-order chi connectivity index (χ1) is 33.3. The summed E-state index contributed by atoms with van der Waals surface area (Å²) in [6.45, 7) is 11.4. The summed E-state index contributed by atoms with van der Waals surface area (Å²) in [7, 11) is 0. The maximum absolute atomic E-state index is 12.9. The minimum absolute atomic E-state index is 0.0627. The average molecular weight is 962 g/mol. The summed E-state index contributed by atoms with van der Waals surface area (Å²) < 4.78 is 16.9. The lowest BCUT2D eigenvalue weighted by Gasteiger charge is -2.18. The molecule has 0 spiro atoms. The summed E-state index contributed by atoms with van der Waals surface area (Å²) in [4.78, 5) is 38.2. The summed E-state index contributed by atoms with van der Waals surface area (Å²) in [5.41, 5.74) is 0. The molecule has 0 saturated heterocycles. The van der Waals surface area contributed by atoms with Gasteiger partial charge in [-0.1, -0.05) is 311 Å². The SMILES string of the molecule is CCCCCCCCCCCCCCCCCCCC(=O)O[C@H](COC(=O)CCCCCCCCCCCCCCCCCCCCC(C)CC)COC(=O)CCCCCCCCCCC(C)C. The molecule has 6 heteroatoms. The van der Waals surface area contributed by atoms with Gasteiger partial charge in [0.25, 0.3) is 0 Å². The summed E-state index contributed by atoms with van der Waals surface area (Å²) in [6.07, 6.45) is 59.6. The highest BCUT2D eigenvalue weighted by atomic mass is 16.6. The molecule has 0 aromatic heterocycles. The van der Waals surface area contributed by atoms with Crippen LogP contribution < -0.4 is 0 Å². The number of esters is 3. The van der Waals surface area contributed by atoms with Crippen LogP contribution in [0, 0.1) is 11.8 Å². The first-order valence-electron chi connectivity index (χ1n) is 30.8. The number of carbonyl (C=O) groups is 3. The van der Waals surface area contributed by atoms with Crippen LogP contribution >= 0.6 is 0 Å². The number of hydrogen-bond donors (Lipinski definition) is 0. The Hall–Kier alpha value is -1.59. The number of unbranched alkanes of at least 4 members (excludes halogenated alkanes) is 40. The highest BCUT2D eigenvalue weighted by molar-refractivity contribution is 5.71. The van der Waals surface area contributed by atoms with Crippen molar-refractivity contribution in [2.75, 3.05) is 13.2 Å². The van der Waals surface area contributed by atoms with E-state index in [9.17, 15) is 14.4 Å². The van der Waals surface area contributed by atoms with Crippen LogP contribution in [-0.2, 0) is 28.6 Å². The third kappa shape index (κ3) is 53.8. The monoisotopic (exact) mass is 961 g/mol. The molecule has 0 aliphatic carbocycles. The number of rotatable bonds is 56. The van der Waals surface area contributed by atoms with Crippen LogP contribution in [0.5, 0.6) is 0 Å². The van der Waals surface area contributed by atoms with E-state index >= 15 is 0 Å². The van der Waals surface area contributed by atoms with Gasteiger partial charge in [-0.25, -0.2) is 0 Å². The Morgan fingerprint density at radius 2 is 0.559 bits per heavy atom. The van der Waals surface area contributed by atoms with Gasteiger partial charge >= 0.3 is 17.9 Å². The predicted molar refractivity (Wildman–Crippen MR) is 293 cm³/mol. The van der Waals surface area contributed by atoms with Crippen molar-refractivity contribution in [2.24, 2.45) is 11.8 Å². The van der Waals surface area contributed by atoms with Gasteiger partial charge in [0.1, 0.15) is 13.2 Å². The standard InChI is InChI=1S/C62H120O6/c1-6-8-9-10-11-12-13-14-15-18-23-26-29-32-39-44-49-54-62(65)68-59(56-67-61(64)53-48-43-38-34-33-35-40-45-50-57(3)4)55-66-60(63)52-47-42-37-31-28-25-22-20-17-16-19-21-24-27-30-36-41-46-51-58(5)7-2/h57-59H,6-56H2,1-5H3/t58?,59-/m1/s1. The van der Waals surface area contributed by atoms with E-state index in [1.54, 1.807) is 0 Å². The molecule has 0 heterocycles. The highest BCUT2D eigenvalue weighted by Crippen LogP contribution is 2.19. The van der Waals surface area contributed by atoms with Gasteiger partial charge in [-0.3, -0.25) is 14.4 Å². The second-order valence-corrected chi connectivity index (χ2v) is 22.1. The van der Waals surface area contributed by atoms with Gasteiger partial charge in [-0.15, -0.1) is 0 Å². The molecule has 0 amide bonds. The fourth-order valence-electron chi connectivity index (χ4n) is 9.55. The molecule has 0 bridgehead atoms. The van der Waals surface area contributed by atoms with Crippen molar-refractivity contribution < 1.29 is 28.6 Å². The largest absolute Gasteiger partial charge is 0.462 e. The fraction of sp³-hybridized carbons (Fsp3) is 0.952. The third-order valence-corrected chi connectivity index (χ3v) is 14.6. The average Bonchev–Trinajstić information content (AvgIpc) is 3.32. The molecule has 0 rings (SSSR count). The molecule has 0 aromatic rings. The molecule has 0 radical (unpaired) electrons. The molecule has 2 atom stereocenters. The topological polar surface area (TPSA) is 78.9 Å². The van der Waals surface area contributed by atoms with Gasteiger partial charge in [-0.05, 0) is 31.1 Å². The molecule has 1 unspecified atom stereocenters. The van der Waals surface area contributed by atoms with E-state index in [1.165, 1.54) is 238 Å². The summed E-state index contributed by atoms with van der Waals surface area (Å²) in [6, 6.07) is 0. The summed E-state index contributed by atoms with van der Waals surface area (Å²) >= 11 is 0. The Kier molecular flexibility index (Phi) is 53.5. The van der Waals surface area contributed by atoms with Crippen molar-refractivity contribution in [2.45, 2.75) is 355 Å². The number of hydrogen-bond acceptors (Lipinski definition) is 6. The van der Waals surface area contributed by atoms with E-state index in [-0.39, 0.29) is 31.1 Å². The molecule has 68 heavy (non-hydrogen) atoms. The lowest BCUT2D eigenvalue weighted by molar-refractivity contribution is -0.167. The van der Waals surface area contributed by atoms with Crippen molar-refractivity contribution in [3.63, 3.8) is 0 Å². The quantitative estimate of drug-likeness (QED) is 0.0343.